The second-order valence-corrected chi connectivity index (χ2v) is 7.55. The lowest BCUT2D eigenvalue weighted by Gasteiger charge is -2.22. The number of sulfonamides is 1. The maximum atomic E-state index is 12.5. The zero-order valence-corrected chi connectivity index (χ0v) is 14.7. The minimum atomic E-state index is -3.43. The summed E-state index contributed by atoms with van der Waals surface area (Å²) in [5.74, 6) is 0.345. The highest BCUT2D eigenvalue weighted by atomic mass is 35.5. The lowest BCUT2D eigenvalue weighted by Crippen LogP contribution is -2.42. The monoisotopic (exact) mass is 362 g/mol. The van der Waals surface area contributed by atoms with E-state index in [1.165, 1.54) is 24.6 Å². The van der Waals surface area contributed by atoms with Gasteiger partial charge in [-0.1, -0.05) is 11.6 Å². The second kappa shape index (κ2) is 6.94. The zero-order chi connectivity index (χ0) is 17.2. The van der Waals surface area contributed by atoms with Crippen molar-refractivity contribution in [3.63, 3.8) is 0 Å². The summed E-state index contributed by atoms with van der Waals surface area (Å²) in [4.78, 5) is 12.5. The fourth-order valence-electron chi connectivity index (χ4n) is 2.57. The van der Waals surface area contributed by atoms with Crippen LogP contribution in [0, 0.1) is 0 Å². The first-order chi connectivity index (χ1) is 10.8. The molecule has 0 aliphatic carbocycles. The van der Waals surface area contributed by atoms with E-state index in [9.17, 15) is 13.2 Å². The molecule has 1 heterocycles. The topological polar surface area (TPSA) is 84.9 Å². The molecular weight excluding hydrogens is 344 g/mol. The van der Waals surface area contributed by atoms with Crippen molar-refractivity contribution in [1.29, 1.82) is 0 Å². The van der Waals surface area contributed by atoms with Gasteiger partial charge >= 0.3 is 0 Å². The van der Waals surface area contributed by atoms with Gasteiger partial charge in [-0.25, -0.2) is 8.42 Å². The molecule has 0 radical (unpaired) electrons. The Morgan fingerprint density at radius 3 is 2.52 bits per heavy atom. The first kappa shape index (κ1) is 17.8. The van der Waals surface area contributed by atoms with Crippen LogP contribution in [-0.4, -0.2) is 51.7 Å². The zero-order valence-electron chi connectivity index (χ0n) is 13.1. The van der Waals surface area contributed by atoms with Crippen molar-refractivity contribution in [2.45, 2.75) is 18.9 Å². The molecule has 2 rings (SSSR count). The number of halogens is 1. The van der Waals surface area contributed by atoms with Crippen molar-refractivity contribution in [3.8, 4) is 11.5 Å². The van der Waals surface area contributed by atoms with Crippen LogP contribution in [0.1, 0.15) is 12.8 Å². The van der Waals surface area contributed by atoms with E-state index in [4.69, 9.17) is 21.1 Å². The van der Waals surface area contributed by atoms with Crippen molar-refractivity contribution in [3.05, 3.63) is 17.2 Å². The molecule has 0 bridgehead atoms. The third kappa shape index (κ3) is 3.88. The number of carbonyl (C=O) groups excluding carboxylic acids is 1. The molecule has 0 aromatic heterocycles. The molecule has 23 heavy (non-hydrogen) atoms. The Labute approximate surface area is 140 Å². The van der Waals surface area contributed by atoms with Crippen molar-refractivity contribution < 1.29 is 22.7 Å². The minimum absolute atomic E-state index is 0.345. The van der Waals surface area contributed by atoms with Crippen LogP contribution in [-0.2, 0) is 14.8 Å². The van der Waals surface area contributed by atoms with Gasteiger partial charge in [-0.05, 0) is 12.8 Å². The van der Waals surface area contributed by atoms with Crippen LogP contribution < -0.4 is 14.8 Å². The lowest BCUT2D eigenvalue weighted by molar-refractivity contribution is -0.119. The van der Waals surface area contributed by atoms with Crippen molar-refractivity contribution in [1.82, 2.24) is 4.31 Å². The standard InChI is InChI=1S/C14H19ClN2O5S/c1-21-12-8-10(13(22-2)7-9(12)15)16-14(18)11-5-4-6-17(11)23(3,19)20/h7-8,11H,4-6H2,1-3H3,(H,16,18). The Morgan fingerprint density at radius 2 is 1.96 bits per heavy atom. The predicted molar refractivity (Wildman–Crippen MR) is 87.8 cm³/mol. The van der Waals surface area contributed by atoms with Gasteiger partial charge in [-0.3, -0.25) is 4.79 Å². The van der Waals surface area contributed by atoms with Crippen LogP contribution in [0.5, 0.6) is 11.5 Å². The smallest absolute Gasteiger partial charge is 0.242 e. The van der Waals surface area contributed by atoms with E-state index in [1.54, 1.807) is 6.07 Å². The molecule has 0 spiro atoms. The highest BCUT2D eigenvalue weighted by Crippen LogP contribution is 2.36. The first-order valence-corrected chi connectivity index (χ1v) is 9.19. The lowest BCUT2D eigenvalue weighted by atomic mass is 10.2. The number of nitrogens with one attached hydrogen (secondary N) is 1. The van der Waals surface area contributed by atoms with Gasteiger partial charge < -0.3 is 14.8 Å². The summed E-state index contributed by atoms with van der Waals surface area (Å²) < 4.78 is 35.0. The number of carbonyl (C=O) groups is 1. The molecular formula is C14H19ClN2O5S. The van der Waals surface area contributed by atoms with Gasteiger partial charge in [0, 0.05) is 18.7 Å². The molecule has 1 amide bonds. The van der Waals surface area contributed by atoms with Gasteiger partial charge in [0.05, 0.1) is 31.2 Å². The summed E-state index contributed by atoms with van der Waals surface area (Å²) in [6, 6.07) is 2.34. The van der Waals surface area contributed by atoms with Gasteiger partial charge in [0.1, 0.15) is 17.5 Å². The Balaban J connectivity index is 2.26. The fraction of sp³-hybridized carbons (Fsp3) is 0.500. The molecule has 0 saturated carbocycles. The molecule has 1 aliphatic heterocycles. The van der Waals surface area contributed by atoms with Gasteiger partial charge in [-0.15, -0.1) is 0 Å². The SMILES string of the molecule is COc1cc(NC(=O)C2CCCN2S(C)(=O)=O)c(OC)cc1Cl. The highest BCUT2D eigenvalue weighted by Gasteiger charge is 2.36. The molecule has 1 aromatic carbocycles. The Hall–Kier alpha value is -1.51. The number of ether oxygens (including phenoxy) is 2. The largest absolute Gasteiger partial charge is 0.495 e. The quantitative estimate of drug-likeness (QED) is 0.862. The van der Waals surface area contributed by atoms with Crippen LogP contribution in [0.3, 0.4) is 0 Å². The summed E-state index contributed by atoms with van der Waals surface area (Å²) >= 11 is 6.02. The molecule has 1 aliphatic rings. The maximum absolute atomic E-state index is 12.5. The number of hydrogen-bond acceptors (Lipinski definition) is 5. The molecule has 128 valence electrons. The van der Waals surface area contributed by atoms with Crippen LogP contribution in [0.4, 0.5) is 5.69 Å². The molecule has 1 saturated heterocycles. The van der Waals surface area contributed by atoms with Crippen molar-refractivity contribution in [2.75, 3.05) is 32.3 Å². The predicted octanol–water partition coefficient (Wildman–Crippen LogP) is 1.72. The summed E-state index contributed by atoms with van der Waals surface area (Å²) in [6.45, 7) is 0.345. The molecule has 1 unspecified atom stereocenters. The van der Waals surface area contributed by atoms with E-state index >= 15 is 0 Å². The minimum Gasteiger partial charge on any atom is -0.495 e. The van der Waals surface area contributed by atoms with Crippen LogP contribution >= 0.6 is 11.6 Å². The third-order valence-corrected chi connectivity index (χ3v) is 5.25. The van der Waals surface area contributed by atoms with Gasteiger partial charge in [-0.2, -0.15) is 4.31 Å². The summed E-state index contributed by atoms with van der Waals surface area (Å²) in [6.07, 6.45) is 2.22. The van der Waals surface area contributed by atoms with Crippen LogP contribution in [0.25, 0.3) is 0 Å². The van der Waals surface area contributed by atoms with E-state index in [-0.39, 0.29) is 0 Å². The van der Waals surface area contributed by atoms with E-state index in [0.717, 1.165) is 6.26 Å². The number of methoxy groups -OCH3 is 2. The van der Waals surface area contributed by atoms with Gasteiger partial charge in [0.25, 0.3) is 0 Å². The molecule has 7 nitrogen and oxygen atoms in total. The van der Waals surface area contributed by atoms with Crippen molar-refractivity contribution >= 4 is 33.2 Å². The third-order valence-electron chi connectivity index (χ3n) is 3.66. The average Bonchev–Trinajstić information content (AvgIpc) is 2.98. The molecule has 1 atom stereocenters. The van der Waals surface area contributed by atoms with E-state index in [0.29, 0.717) is 41.6 Å². The Morgan fingerprint density at radius 1 is 1.30 bits per heavy atom. The maximum Gasteiger partial charge on any atom is 0.242 e. The number of nitrogens with zero attached hydrogens (tertiary/aromatic N) is 1. The van der Waals surface area contributed by atoms with E-state index < -0.39 is 22.0 Å². The van der Waals surface area contributed by atoms with Gasteiger partial charge in [0.2, 0.25) is 15.9 Å². The van der Waals surface area contributed by atoms with E-state index in [1.807, 2.05) is 0 Å². The van der Waals surface area contributed by atoms with Crippen LogP contribution in [0.15, 0.2) is 12.1 Å². The number of hydrogen-bond donors (Lipinski definition) is 1. The normalized spacial score (nSPS) is 18.7. The molecule has 1 N–H and O–H groups in total. The number of rotatable bonds is 5. The summed E-state index contributed by atoms with van der Waals surface area (Å²) in [7, 11) is -0.518. The highest BCUT2D eigenvalue weighted by molar-refractivity contribution is 7.88. The van der Waals surface area contributed by atoms with Crippen molar-refractivity contribution in [2.24, 2.45) is 0 Å². The molecule has 1 fully saturated rings. The Bertz CT molecular complexity index is 707. The number of amides is 1. The fourth-order valence-corrected chi connectivity index (χ4v) is 3.93. The van der Waals surface area contributed by atoms with Crippen LogP contribution in [0.2, 0.25) is 5.02 Å². The summed E-state index contributed by atoms with van der Waals surface area (Å²) in [5.41, 5.74) is 0.374. The molecule has 9 heteroatoms. The van der Waals surface area contributed by atoms with Gasteiger partial charge in [0.15, 0.2) is 0 Å². The molecule has 1 aromatic rings. The Kier molecular flexibility index (Phi) is 5.38. The first-order valence-electron chi connectivity index (χ1n) is 6.97. The number of anilines is 1. The second-order valence-electron chi connectivity index (χ2n) is 5.21. The summed E-state index contributed by atoms with van der Waals surface area (Å²) in [5, 5.41) is 3.05. The van der Waals surface area contributed by atoms with E-state index in [2.05, 4.69) is 5.32 Å². The number of benzene rings is 1. The average molecular weight is 363 g/mol.